The maximum absolute atomic E-state index is 9.76. The van der Waals surface area contributed by atoms with Crippen LogP contribution in [0.4, 0.5) is 0 Å². The number of rotatable bonds is 8. The Bertz CT molecular complexity index is 684. The first-order valence-corrected chi connectivity index (χ1v) is 8.39. The van der Waals surface area contributed by atoms with E-state index in [1.807, 2.05) is 43.3 Å². The molecule has 2 rings (SSSR count). The number of allylic oxidation sites excluding steroid dienone is 1. The molecule has 0 spiro atoms. The summed E-state index contributed by atoms with van der Waals surface area (Å²) in [4.78, 5) is 0. The first-order valence-electron chi connectivity index (χ1n) is 8.39. The number of ether oxygens (including phenoxy) is 1. The van der Waals surface area contributed by atoms with Crippen molar-refractivity contribution < 1.29 is 4.74 Å². The number of nitrogens with zero attached hydrogens (tertiary/aromatic N) is 1. The summed E-state index contributed by atoms with van der Waals surface area (Å²) in [7, 11) is 1.67. The van der Waals surface area contributed by atoms with Crippen LogP contribution in [-0.4, -0.2) is 7.11 Å². The van der Waals surface area contributed by atoms with Crippen molar-refractivity contribution in [2.75, 3.05) is 7.11 Å². The number of methoxy groups -OCH3 is 1. The van der Waals surface area contributed by atoms with E-state index in [0.29, 0.717) is 0 Å². The second-order valence-electron chi connectivity index (χ2n) is 6.10. The third-order valence-electron chi connectivity index (χ3n) is 4.81. The molecule has 0 radical (unpaired) electrons. The molecule has 0 heterocycles. The molecule has 0 saturated heterocycles. The Morgan fingerprint density at radius 1 is 1.12 bits per heavy atom. The number of hydrogen-bond donors (Lipinski definition) is 0. The quantitative estimate of drug-likeness (QED) is 0.475. The molecule has 0 aliphatic heterocycles. The summed E-state index contributed by atoms with van der Waals surface area (Å²) in [6, 6.07) is 21.0. The van der Waals surface area contributed by atoms with Crippen molar-refractivity contribution in [3.05, 3.63) is 78.4 Å². The van der Waals surface area contributed by atoms with Crippen LogP contribution in [0.5, 0.6) is 5.75 Å². The van der Waals surface area contributed by atoms with Gasteiger partial charge in [0.2, 0.25) is 0 Å². The summed E-state index contributed by atoms with van der Waals surface area (Å²) in [5, 5.41) is 9.76. The SMILES string of the molecule is C=CCCCC(c1ccccc1)(c1ccc(OC)cc1)C(C)C#N. The van der Waals surface area contributed by atoms with Crippen LogP contribution in [0.15, 0.2) is 67.3 Å². The Morgan fingerprint density at radius 2 is 1.75 bits per heavy atom. The zero-order valence-corrected chi connectivity index (χ0v) is 14.5. The van der Waals surface area contributed by atoms with Crippen LogP contribution in [0.25, 0.3) is 0 Å². The summed E-state index contributed by atoms with van der Waals surface area (Å²) in [5.74, 6) is 0.689. The van der Waals surface area contributed by atoms with Crippen LogP contribution >= 0.6 is 0 Å². The summed E-state index contributed by atoms with van der Waals surface area (Å²) in [6.45, 7) is 5.85. The Morgan fingerprint density at radius 3 is 2.29 bits per heavy atom. The molecule has 0 bridgehead atoms. The lowest BCUT2D eigenvalue weighted by Crippen LogP contribution is -2.34. The minimum absolute atomic E-state index is 0.141. The monoisotopic (exact) mass is 319 g/mol. The molecule has 2 aromatic rings. The minimum Gasteiger partial charge on any atom is -0.497 e. The van der Waals surface area contributed by atoms with Gasteiger partial charge >= 0.3 is 0 Å². The third-order valence-corrected chi connectivity index (χ3v) is 4.81. The van der Waals surface area contributed by atoms with Crippen LogP contribution in [0.3, 0.4) is 0 Å². The minimum atomic E-state index is -0.328. The van der Waals surface area contributed by atoms with Crippen molar-refractivity contribution >= 4 is 0 Å². The Kier molecular flexibility index (Phi) is 6.21. The van der Waals surface area contributed by atoms with Crippen LogP contribution < -0.4 is 4.74 Å². The lowest BCUT2D eigenvalue weighted by Gasteiger charge is -2.38. The fraction of sp³-hybridized carbons (Fsp3) is 0.318. The largest absolute Gasteiger partial charge is 0.497 e. The first kappa shape index (κ1) is 17.8. The van der Waals surface area contributed by atoms with Crippen LogP contribution in [0, 0.1) is 17.2 Å². The maximum Gasteiger partial charge on any atom is 0.118 e. The van der Waals surface area contributed by atoms with Crippen molar-refractivity contribution in [3.8, 4) is 11.8 Å². The van der Waals surface area contributed by atoms with Crippen molar-refractivity contribution in [3.63, 3.8) is 0 Å². The topological polar surface area (TPSA) is 33.0 Å². The van der Waals surface area contributed by atoms with E-state index in [0.717, 1.165) is 30.6 Å². The van der Waals surface area contributed by atoms with Crippen molar-refractivity contribution in [1.82, 2.24) is 0 Å². The number of hydrogen-bond acceptors (Lipinski definition) is 2. The Labute approximate surface area is 145 Å². The summed E-state index contributed by atoms with van der Waals surface area (Å²) in [5.41, 5.74) is 2.02. The molecule has 0 saturated carbocycles. The van der Waals surface area contributed by atoms with Crippen molar-refractivity contribution in [2.24, 2.45) is 5.92 Å². The molecular weight excluding hydrogens is 294 g/mol. The molecule has 24 heavy (non-hydrogen) atoms. The van der Waals surface area contributed by atoms with E-state index in [2.05, 4.69) is 36.9 Å². The fourth-order valence-corrected chi connectivity index (χ4v) is 3.43. The van der Waals surface area contributed by atoms with Crippen LogP contribution in [0.1, 0.15) is 37.3 Å². The highest BCUT2D eigenvalue weighted by Gasteiger charge is 2.39. The van der Waals surface area contributed by atoms with Crippen molar-refractivity contribution in [1.29, 1.82) is 5.26 Å². The zero-order valence-electron chi connectivity index (χ0n) is 14.5. The molecule has 0 amide bonds. The molecule has 2 atom stereocenters. The standard InChI is InChI=1S/C22H25NO/c1-4-5-9-16-22(18(2)17-23,19-10-7-6-8-11-19)20-12-14-21(24-3)15-13-20/h4,6-8,10-15,18H,1,5,9,16H2,2-3H3. The molecule has 2 unspecified atom stereocenters. The molecule has 0 N–H and O–H groups in total. The smallest absolute Gasteiger partial charge is 0.118 e. The average Bonchev–Trinajstić information content (AvgIpc) is 2.66. The summed E-state index contributed by atoms with van der Waals surface area (Å²) >= 11 is 0. The van der Waals surface area contributed by atoms with E-state index in [-0.39, 0.29) is 11.3 Å². The molecule has 0 aliphatic rings. The zero-order chi connectivity index (χ0) is 17.4. The van der Waals surface area contributed by atoms with E-state index in [1.165, 1.54) is 5.56 Å². The number of unbranched alkanes of at least 4 members (excludes halogenated alkanes) is 1. The van der Waals surface area contributed by atoms with E-state index >= 15 is 0 Å². The predicted molar refractivity (Wildman–Crippen MR) is 99.0 cm³/mol. The maximum atomic E-state index is 9.76. The molecule has 124 valence electrons. The molecular formula is C22H25NO. The van der Waals surface area contributed by atoms with Gasteiger partial charge in [0, 0.05) is 5.41 Å². The van der Waals surface area contributed by atoms with Crippen molar-refractivity contribution in [2.45, 2.75) is 31.6 Å². The van der Waals surface area contributed by atoms with E-state index < -0.39 is 0 Å². The van der Waals surface area contributed by atoms with Gasteiger partial charge < -0.3 is 4.74 Å². The number of benzene rings is 2. The lowest BCUT2D eigenvalue weighted by atomic mass is 9.64. The van der Waals surface area contributed by atoms with Gasteiger partial charge in [0.1, 0.15) is 5.75 Å². The predicted octanol–water partition coefficient (Wildman–Crippen LogP) is 5.50. The van der Waals surface area contributed by atoms with E-state index in [9.17, 15) is 5.26 Å². The van der Waals surface area contributed by atoms with Gasteiger partial charge in [-0.15, -0.1) is 6.58 Å². The van der Waals surface area contributed by atoms with Gasteiger partial charge in [0.25, 0.3) is 0 Å². The van der Waals surface area contributed by atoms with Crippen LogP contribution in [0.2, 0.25) is 0 Å². The first-order chi connectivity index (χ1) is 11.7. The second-order valence-corrected chi connectivity index (χ2v) is 6.10. The highest BCUT2D eigenvalue weighted by Crippen LogP contribution is 2.43. The molecule has 2 heteroatoms. The molecule has 0 aromatic heterocycles. The third kappa shape index (κ3) is 3.51. The summed E-state index contributed by atoms with van der Waals surface area (Å²) < 4.78 is 5.29. The Balaban J connectivity index is 2.59. The van der Waals surface area contributed by atoms with E-state index in [4.69, 9.17) is 4.74 Å². The molecule has 0 fully saturated rings. The summed E-state index contributed by atoms with van der Waals surface area (Å²) in [6.07, 6.45) is 4.80. The van der Waals surface area contributed by atoms with Gasteiger partial charge in [-0.1, -0.05) is 48.5 Å². The highest BCUT2D eigenvalue weighted by atomic mass is 16.5. The lowest BCUT2D eigenvalue weighted by molar-refractivity contribution is 0.372. The highest BCUT2D eigenvalue weighted by molar-refractivity contribution is 5.43. The normalized spacial score (nSPS) is 14.2. The Hall–Kier alpha value is -2.53. The van der Waals surface area contributed by atoms with E-state index in [1.54, 1.807) is 7.11 Å². The van der Waals surface area contributed by atoms with Crippen LogP contribution in [-0.2, 0) is 5.41 Å². The molecule has 2 nitrogen and oxygen atoms in total. The van der Waals surface area contributed by atoms with Gasteiger partial charge in [0.15, 0.2) is 0 Å². The van der Waals surface area contributed by atoms with Gasteiger partial charge in [-0.05, 0) is 49.4 Å². The van der Waals surface area contributed by atoms with Gasteiger partial charge in [0.05, 0.1) is 19.1 Å². The molecule has 0 aliphatic carbocycles. The average molecular weight is 319 g/mol. The number of nitriles is 1. The van der Waals surface area contributed by atoms with Gasteiger partial charge in [-0.2, -0.15) is 5.26 Å². The molecule has 2 aromatic carbocycles. The second kappa shape index (κ2) is 8.36. The fourth-order valence-electron chi connectivity index (χ4n) is 3.43. The van der Waals surface area contributed by atoms with Gasteiger partial charge in [-0.3, -0.25) is 0 Å². The van der Waals surface area contributed by atoms with Gasteiger partial charge in [-0.25, -0.2) is 0 Å².